The van der Waals surface area contributed by atoms with Gasteiger partial charge in [0.05, 0.1) is 25.9 Å². The van der Waals surface area contributed by atoms with E-state index in [0.29, 0.717) is 24.8 Å². The van der Waals surface area contributed by atoms with Gasteiger partial charge in [0, 0.05) is 5.02 Å². The summed E-state index contributed by atoms with van der Waals surface area (Å²) < 4.78 is 10.9. The van der Waals surface area contributed by atoms with Crippen molar-refractivity contribution in [1.29, 1.82) is 0 Å². The first-order chi connectivity index (χ1) is 7.29. The van der Waals surface area contributed by atoms with Crippen molar-refractivity contribution in [2.75, 3.05) is 19.8 Å². The van der Waals surface area contributed by atoms with Gasteiger partial charge in [-0.25, -0.2) is 0 Å². The summed E-state index contributed by atoms with van der Waals surface area (Å²) in [6.45, 7) is 1.78. The Labute approximate surface area is 94.1 Å². The zero-order chi connectivity index (χ0) is 10.7. The fourth-order valence-corrected chi connectivity index (χ4v) is 1.92. The lowest BCUT2D eigenvalue weighted by Crippen LogP contribution is -2.37. The molecule has 1 fully saturated rings. The quantitative estimate of drug-likeness (QED) is 0.838. The summed E-state index contributed by atoms with van der Waals surface area (Å²) in [5, 5.41) is 0.680. The van der Waals surface area contributed by atoms with Crippen molar-refractivity contribution in [2.45, 2.75) is 12.1 Å². The van der Waals surface area contributed by atoms with Crippen LogP contribution in [0.1, 0.15) is 11.6 Å². The maximum absolute atomic E-state index is 6.08. The Morgan fingerprint density at radius 2 is 2.13 bits per heavy atom. The van der Waals surface area contributed by atoms with Gasteiger partial charge in [-0.05, 0) is 11.6 Å². The summed E-state index contributed by atoms with van der Waals surface area (Å²) in [5.41, 5.74) is 6.99. The Kier molecular flexibility index (Phi) is 3.59. The fraction of sp³-hybridized carbons (Fsp3) is 0.455. The molecule has 0 amide bonds. The van der Waals surface area contributed by atoms with E-state index in [-0.39, 0.29) is 12.1 Å². The lowest BCUT2D eigenvalue weighted by molar-refractivity contribution is -0.0975. The van der Waals surface area contributed by atoms with Crippen LogP contribution in [0.5, 0.6) is 0 Å². The Balaban J connectivity index is 2.12. The minimum absolute atomic E-state index is 0.0985. The number of nitrogens with two attached hydrogens (primary N) is 1. The smallest absolute Gasteiger partial charge is 0.100 e. The van der Waals surface area contributed by atoms with Gasteiger partial charge < -0.3 is 15.2 Å². The molecule has 3 nitrogen and oxygen atoms in total. The van der Waals surface area contributed by atoms with E-state index in [1.807, 2.05) is 24.3 Å². The third-order valence-corrected chi connectivity index (χ3v) is 2.85. The van der Waals surface area contributed by atoms with Crippen molar-refractivity contribution < 1.29 is 9.47 Å². The van der Waals surface area contributed by atoms with E-state index < -0.39 is 0 Å². The lowest BCUT2D eigenvalue weighted by atomic mass is 10.0. The van der Waals surface area contributed by atoms with Gasteiger partial charge in [-0.1, -0.05) is 29.8 Å². The van der Waals surface area contributed by atoms with E-state index in [0.717, 1.165) is 5.56 Å². The SMILES string of the molecule is NC(c1ccccc1Cl)C1COCCO1. The molecule has 1 aliphatic rings. The van der Waals surface area contributed by atoms with E-state index in [2.05, 4.69) is 0 Å². The predicted octanol–water partition coefficient (Wildman–Crippen LogP) is 1.76. The zero-order valence-corrected chi connectivity index (χ0v) is 9.11. The molecule has 0 aromatic heterocycles. The van der Waals surface area contributed by atoms with Gasteiger partial charge in [-0.2, -0.15) is 0 Å². The molecule has 0 bridgehead atoms. The molecule has 2 rings (SSSR count). The second-order valence-electron chi connectivity index (χ2n) is 3.53. The molecule has 15 heavy (non-hydrogen) atoms. The third-order valence-electron chi connectivity index (χ3n) is 2.51. The molecular weight excluding hydrogens is 214 g/mol. The molecule has 2 unspecified atom stereocenters. The normalized spacial score (nSPS) is 23.7. The number of halogens is 1. The highest BCUT2D eigenvalue weighted by molar-refractivity contribution is 6.31. The molecule has 1 aromatic carbocycles. The van der Waals surface area contributed by atoms with Crippen LogP contribution in [0.4, 0.5) is 0 Å². The van der Waals surface area contributed by atoms with E-state index in [9.17, 15) is 0 Å². The van der Waals surface area contributed by atoms with E-state index >= 15 is 0 Å². The molecule has 0 aliphatic carbocycles. The minimum Gasteiger partial charge on any atom is -0.376 e. The first kappa shape index (κ1) is 10.9. The molecule has 2 atom stereocenters. The van der Waals surface area contributed by atoms with Gasteiger partial charge in [0.1, 0.15) is 6.10 Å². The predicted molar refractivity (Wildman–Crippen MR) is 58.9 cm³/mol. The molecule has 1 aromatic rings. The van der Waals surface area contributed by atoms with Gasteiger partial charge in [0.2, 0.25) is 0 Å². The van der Waals surface area contributed by atoms with Gasteiger partial charge in [-0.3, -0.25) is 0 Å². The summed E-state index contributed by atoms with van der Waals surface area (Å²) in [7, 11) is 0. The van der Waals surface area contributed by atoms with E-state index in [1.54, 1.807) is 0 Å². The molecule has 1 aliphatic heterocycles. The number of hydrogen-bond donors (Lipinski definition) is 1. The van der Waals surface area contributed by atoms with Gasteiger partial charge in [0.25, 0.3) is 0 Å². The summed E-state index contributed by atoms with van der Waals surface area (Å²) >= 11 is 6.06. The Morgan fingerprint density at radius 3 is 2.80 bits per heavy atom. The first-order valence-corrected chi connectivity index (χ1v) is 5.36. The van der Waals surface area contributed by atoms with Crippen LogP contribution in [-0.4, -0.2) is 25.9 Å². The highest BCUT2D eigenvalue weighted by Gasteiger charge is 2.24. The number of benzene rings is 1. The molecule has 4 heteroatoms. The van der Waals surface area contributed by atoms with Gasteiger partial charge in [-0.15, -0.1) is 0 Å². The molecule has 82 valence electrons. The maximum atomic E-state index is 6.08. The second-order valence-corrected chi connectivity index (χ2v) is 3.94. The van der Waals surface area contributed by atoms with Crippen LogP contribution in [0.15, 0.2) is 24.3 Å². The Bertz CT molecular complexity index is 326. The lowest BCUT2D eigenvalue weighted by Gasteiger charge is -2.28. The van der Waals surface area contributed by atoms with Crippen molar-refractivity contribution in [3.63, 3.8) is 0 Å². The standard InChI is InChI=1S/C11H14ClNO2/c12-9-4-2-1-3-8(9)11(13)10-7-14-5-6-15-10/h1-4,10-11H,5-7,13H2. The number of rotatable bonds is 2. The molecular formula is C11H14ClNO2. The average Bonchev–Trinajstić information content (AvgIpc) is 2.30. The topological polar surface area (TPSA) is 44.5 Å². The molecule has 0 spiro atoms. The highest BCUT2D eigenvalue weighted by Crippen LogP contribution is 2.25. The van der Waals surface area contributed by atoms with Crippen molar-refractivity contribution in [1.82, 2.24) is 0 Å². The third kappa shape index (κ3) is 2.49. The van der Waals surface area contributed by atoms with Crippen molar-refractivity contribution in [3.05, 3.63) is 34.9 Å². The summed E-state index contributed by atoms with van der Waals surface area (Å²) in [6, 6.07) is 7.34. The number of ether oxygens (including phenoxy) is 2. The largest absolute Gasteiger partial charge is 0.376 e. The monoisotopic (exact) mass is 227 g/mol. The minimum atomic E-state index is -0.223. The Hall–Kier alpha value is -0.610. The molecule has 1 saturated heterocycles. The summed E-state index contributed by atoms with van der Waals surface area (Å²) in [4.78, 5) is 0. The average molecular weight is 228 g/mol. The van der Waals surface area contributed by atoms with Crippen LogP contribution in [0, 0.1) is 0 Å². The van der Waals surface area contributed by atoms with Crippen LogP contribution in [0.3, 0.4) is 0 Å². The van der Waals surface area contributed by atoms with Crippen molar-refractivity contribution in [2.24, 2.45) is 5.73 Å². The maximum Gasteiger partial charge on any atom is 0.100 e. The fourth-order valence-electron chi connectivity index (χ4n) is 1.66. The van der Waals surface area contributed by atoms with E-state index in [4.69, 9.17) is 26.8 Å². The van der Waals surface area contributed by atoms with Crippen molar-refractivity contribution in [3.8, 4) is 0 Å². The summed E-state index contributed by atoms with van der Waals surface area (Å²) in [5.74, 6) is 0. The van der Waals surface area contributed by atoms with Crippen LogP contribution in [0.2, 0.25) is 5.02 Å². The van der Waals surface area contributed by atoms with Gasteiger partial charge in [0.15, 0.2) is 0 Å². The Morgan fingerprint density at radius 1 is 1.33 bits per heavy atom. The zero-order valence-electron chi connectivity index (χ0n) is 8.36. The summed E-state index contributed by atoms with van der Waals surface area (Å²) in [6.07, 6.45) is -0.0985. The first-order valence-electron chi connectivity index (χ1n) is 4.98. The van der Waals surface area contributed by atoms with Crippen LogP contribution >= 0.6 is 11.6 Å². The molecule has 2 N–H and O–H groups in total. The highest BCUT2D eigenvalue weighted by atomic mass is 35.5. The molecule has 0 radical (unpaired) electrons. The van der Waals surface area contributed by atoms with Crippen molar-refractivity contribution >= 4 is 11.6 Å². The second kappa shape index (κ2) is 4.94. The molecule has 1 heterocycles. The number of hydrogen-bond acceptors (Lipinski definition) is 3. The van der Waals surface area contributed by atoms with Crippen LogP contribution < -0.4 is 5.73 Å². The van der Waals surface area contributed by atoms with E-state index in [1.165, 1.54) is 0 Å². The molecule has 0 saturated carbocycles. The van der Waals surface area contributed by atoms with Crippen LogP contribution in [-0.2, 0) is 9.47 Å². The van der Waals surface area contributed by atoms with Gasteiger partial charge >= 0.3 is 0 Å². The van der Waals surface area contributed by atoms with Crippen LogP contribution in [0.25, 0.3) is 0 Å².